The van der Waals surface area contributed by atoms with Crippen LogP contribution in [0.5, 0.6) is 0 Å². The number of nitrogens with two attached hydrogens (primary N) is 1. The van der Waals surface area contributed by atoms with Crippen LogP contribution in [0.4, 0.5) is 11.4 Å². The standard InChI is InChI=1S/C14H16N4O2/c15-13-12(17-6-8-20-9-7-17)10-16-18(14(13)19)11-4-2-1-3-5-11/h1-5,10H,6-9,15H2. The summed E-state index contributed by atoms with van der Waals surface area (Å²) in [6, 6.07) is 9.25. The zero-order valence-electron chi connectivity index (χ0n) is 11.0. The number of aromatic nitrogens is 2. The smallest absolute Gasteiger partial charge is 0.296 e. The van der Waals surface area contributed by atoms with Gasteiger partial charge in [-0.05, 0) is 12.1 Å². The SMILES string of the molecule is Nc1c(N2CCOCC2)cnn(-c2ccccc2)c1=O. The Bertz CT molecular complexity index is 648. The van der Waals surface area contributed by atoms with Crippen molar-refractivity contribution in [2.75, 3.05) is 36.9 Å². The van der Waals surface area contributed by atoms with E-state index in [0.29, 0.717) is 24.6 Å². The van der Waals surface area contributed by atoms with Gasteiger partial charge in [0.15, 0.2) is 0 Å². The van der Waals surface area contributed by atoms with Crippen LogP contribution in [-0.4, -0.2) is 36.1 Å². The number of nitrogens with zero attached hydrogens (tertiary/aromatic N) is 3. The van der Waals surface area contributed by atoms with Crippen molar-refractivity contribution in [1.82, 2.24) is 9.78 Å². The van der Waals surface area contributed by atoms with Gasteiger partial charge >= 0.3 is 0 Å². The summed E-state index contributed by atoms with van der Waals surface area (Å²) in [5.74, 6) is 0. The lowest BCUT2D eigenvalue weighted by molar-refractivity contribution is 0.122. The van der Waals surface area contributed by atoms with E-state index in [0.717, 1.165) is 13.1 Å². The molecule has 6 nitrogen and oxygen atoms in total. The van der Waals surface area contributed by atoms with E-state index in [9.17, 15) is 4.79 Å². The molecule has 6 heteroatoms. The number of hydrogen-bond acceptors (Lipinski definition) is 5. The lowest BCUT2D eigenvalue weighted by Gasteiger charge is -2.29. The van der Waals surface area contributed by atoms with Crippen molar-refractivity contribution in [3.05, 3.63) is 46.9 Å². The normalized spacial score (nSPS) is 15.3. The lowest BCUT2D eigenvalue weighted by atomic mass is 10.3. The van der Waals surface area contributed by atoms with Crippen molar-refractivity contribution in [2.45, 2.75) is 0 Å². The largest absolute Gasteiger partial charge is 0.392 e. The Morgan fingerprint density at radius 3 is 2.55 bits per heavy atom. The van der Waals surface area contributed by atoms with Gasteiger partial charge in [-0.2, -0.15) is 9.78 Å². The Balaban J connectivity index is 2.01. The predicted octanol–water partition coefficient (Wildman–Crippen LogP) is 0.651. The lowest BCUT2D eigenvalue weighted by Crippen LogP contribution is -2.38. The molecule has 0 amide bonds. The van der Waals surface area contributed by atoms with Crippen molar-refractivity contribution >= 4 is 11.4 Å². The van der Waals surface area contributed by atoms with Gasteiger partial charge in [0.2, 0.25) is 0 Å². The maximum Gasteiger partial charge on any atom is 0.296 e. The number of hydrogen-bond donors (Lipinski definition) is 1. The summed E-state index contributed by atoms with van der Waals surface area (Å²) in [5.41, 5.74) is 7.32. The van der Waals surface area contributed by atoms with Crippen LogP contribution < -0.4 is 16.2 Å². The Morgan fingerprint density at radius 2 is 1.85 bits per heavy atom. The molecule has 0 atom stereocenters. The van der Waals surface area contributed by atoms with Gasteiger partial charge in [0.25, 0.3) is 5.56 Å². The summed E-state index contributed by atoms with van der Waals surface area (Å²) in [6.45, 7) is 2.73. The second-order valence-corrected chi connectivity index (χ2v) is 4.60. The fourth-order valence-corrected chi connectivity index (χ4v) is 2.27. The molecule has 0 unspecified atom stereocenters. The highest BCUT2D eigenvalue weighted by atomic mass is 16.5. The number of rotatable bonds is 2. The summed E-state index contributed by atoms with van der Waals surface area (Å²) in [4.78, 5) is 14.4. The molecule has 0 radical (unpaired) electrons. The minimum Gasteiger partial charge on any atom is -0.392 e. The molecule has 20 heavy (non-hydrogen) atoms. The van der Waals surface area contributed by atoms with E-state index in [4.69, 9.17) is 10.5 Å². The number of para-hydroxylation sites is 1. The van der Waals surface area contributed by atoms with Crippen molar-refractivity contribution < 1.29 is 4.74 Å². The van der Waals surface area contributed by atoms with Gasteiger partial charge in [0.1, 0.15) is 5.69 Å². The van der Waals surface area contributed by atoms with Gasteiger partial charge in [-0.15, -0.1) is 0 Å². The van der Waals surface area contributed by atoms with Crippen molar-refractivity contribution in [1.29, 1.82) is 0 Å². The van der Waals surface area contributed by atoms with Crippen LogP contribution in [0.2, 0.25) is 0 Å². The highest BCUT2D eigenvalue weighted by Crippen LogP contribution is 2.19. The van der Waals surface area contributed by atoms with Gasteiger partial charge in [-0.25, -0.2) is 0 Å². The van der Waals surface area contributed by atoms with Crippen LogP contribution in [0.3, 0.4) is 0 Å². The maximum atomic E-state index is 12.4. The van der Waals surface area contributed by atoms with Gasteiger partial charge in [0.05, 0.1) is 30.8 Å². The monoisotopic (exact) mass is 272 g/mol. The van der Waals surface area contributed by atoms with Gasteiger partial charge < -0.3 is 15.4 Å². The number of ether oxygens (including phenoxy) is 1. The molecule has 1 fully saturated rings. The van der Waals surface area contributed by atoms with Crippen LogP contribution in [-0.2, 0) is 4.74 Å². The molecule has 0 saturated carbocycles. The summed E-state index contributed by atoms with van der Waals surface area (Å²) in [5, 5.41) is 4.23. The minimum atomic E-state index is -0.291. The van der Waals surface area contributed by atoms with E-state index in [-0.39, 0.29) is 11.2 Å². The van der Waals surface area contributed by atoms with Gasteiger partial charge in [-0.1, -0.05) is 18.2 Å². The molecule has 1 aliphatic rings. The second kappa shape index (κ2) is 5.34. The third kappa shape index (κ3) is 2.25. The average Bonchev–Trinajstić information content (AvgIpc) is 2.52. The molecule has 0 spiro atoms. The summed E-state index contributed by atoms with van der Waals surface area (Å²) in [7, 11) is 0. The van der Waals surface area contributed by atoms with Crippen molar-refractivity contribution in [2.24, 2.45) is 0 Å². The van der Waals surface area contributed by atoms with Crippen LogP contribution in [0, 0.1) is 0 Å². The quantitative estimate of drug-likeness (QED) is 0.869. The Hall–Kier alpha value is -2.34. The molecule has 1 aliphatic heterocycles. The van der Waals surface area contributed by atoms with E-state index in [1.54, 1.807) is 6.20 Å². The van der Waals surface area contributed by atoms with E-state index in [1.807, 2.05) is 35.2 Å². The second-order valence-electron chi connectivity index (χ2n) is 4.60. The summed E-state index contributed by atoms with van der Waals surface area (Å²) < 4.78 is 6.62. The first-order valence-electron chi connectivity index (χ1n) is 6.53. The molecule has 2 N–H and O–H groups in total. The number of anilines is 2. The van der Waals surface area contributed by atoms with Crippen LogP contribution >= 0.6 is 0 Å². The molecule has 1 aromatic carbocycles. The Kier molecular flexibility index (Phi) is 3.39. The van der Waals surface area contributed by atoms with E-state index in [2.05, 4.69) is 5.10 Å². The molecule has 104 valence electrons. The van der Waals surface area contributed by atoms with Crippen molar-refractivity contribution in [3.63, 3.8) is 0 Å². The Morgan fingerprint density at radius 1 is 1.15 bits per heavy atom. The van der Waals surface area contributed by atoms with Crippen LogP contribution in [0.25, 0.3) is 5.69 Å². The molecule has 2 heterocycles. The first-order valence-corrected chi connectivity index (χ1v) is 6.53. The molecule has 0 aliphatic carbocycles. The Labute approximate surface area is 116 Å². The van der Waals surface area contributed by atoms with Crippen molar-refractivity contribution in [3.8, 4) is 5.69 Å². The number of nitrogen functional groups attached to an aromatic ring is 1. The van der Waals surface area contributed by atoms with E-state index >= 15 is 0 Å². The molecule has 2 aromatic rings. The predicted molar refractivity (Wildman–Crippen MR) is 77.3 cm³/mol. The zero-order valence-corrected chi connectivity index (χ0v) is 11.0. The molecular weight excluding hydrogens is 256 g/mol. The average molecular weight is 272 g/mol. The number of morpholine rings is 1. The fraction of sp³-hybridized carbons (Fsp3) is 0.286. The van der Waals surface area contributed by atoms with Gasteiger partial charge in [0, 0.05) is 13.1 Å². The van der Waals surface area contributed by atoms with E-state index in [1.165, 1.54) is 4.68 Å². The third-order valence-electron chi connectivity index (χ3n) is 3.35. The maximum absolute atomic E-state index is 12.4. The number of benzene rings is 1. The molecule has 1 aromatic heterocycles. The first-order chi connectivity index (χ1) is 9.77. The minimum absolute atomic E-state index is 0.228. The fourth-order valence-electron chi connectivity index (χ4n) is 2.27. The zero-order chi connectivity index (χ0) is 13.9. The third-order valence-corrected chi connectivity index (χ3v) is 3.35. The topological polar surface area (TPSA) is 73.4 Å². The molecule has 0 bridgehead atoms. The molecular formula is C14H16N4O2. The highest BCUT2D eigenvalue weighted by Gasteiger charge is 2.17. The summed E-state index contributed by atoms with van der Waals surface area (Å²) >= 11 is 0. The van der Waals surface area contributed by atoms with Gasteiger partial charge in [-0.3, -0.25) is 4.79 Å². The highest BCUT2D eigenvalue weighted by molar-refractivity contribution is 5.65. The molecule has 3 rings (SSSR count). The first kappa shape index (κ1) is 12.7. The van der Waals surface area contributed by atoms with Crippen LogP contribution in [0.1, 0.15) is 0 Å². The molecule has 1 saturated heterocycles. The van der Waals surface area contributed by atoms with E-state index < -0.39 is 0 Å². The van der Waals surface area contributed by atoms with Crippen LogP contribution in [0.15, 0.2) is 41.3 Å². The summed E-state index contributed by atoms with van der Waals surface area (Å²) in [6.07, 6.45) is 1.65.